The molecule has 1 aromatic carbocycles. The van der Waals surface area contributed by atoms with Crippen LogP contribution in [-0.2, 0) is 11.3 Å². The Bertz CT molecular complexity index is 989. The van der Waals surface area contributed by atoms with Crippen LogP contribution in [0.5, 0.6) is 11.5 Å². The fourth-order valence-corrected chi connectivity index (χ4v) is 4.12. The minimum absolute atomic E-state index is 0.0511. The molecule has 0 radical (unpaired) electrons. The molecule has 2 aliphatic heterocycles. The molecule has 3 heterocycles. The molecule has 2 amide bonds. The summed E-state index contributed by atoms with van der Waals surface area (Å²) < 4.78 is 13.4. The van der Waals surface area contributed by atoms with Gasteiger partial charge in [-0.1, -0.05) is 0 Å². The first kappa shape index (κ1) is 20.3. The van der Waals surface area contributed by atoms with Gasteiger partial charge in [0.2, 0.25) is 5.91 Å². The van der Waals surface area contributed by atoms with E-state index in [4.69, 9.17) is 9.47 Å². The van der Waals surface area contributed by atoms with Crippen molar-refractivity contribution in [3.8, 4) is 11.5 Å². The Morgan fingerprint density at radius 3 is 2.63 bits per heavy atom. The van der Waals surface area contributed by atoms with E-state index < -0.39 is 5.60 Å². The number of piperidine rings is 1. The quantitative estimate of drug-likeness (QED) is 0.834. The Morgan fingerprint density at radius 2 is 2.00 bits per heavy atom. The first-order valence-corrected chi connectivity index (χ1v) is 10.3. The molecule has 0 unspecified atom stereocenters. The largest absolute Gasteiger partial charge is 0.497 e. The number of aromatic nitrogens is 2. The first-order valence-electron chi connectivity index (χ1n) is 10.3. The number of ether oxygens (including phenoxy) is 2. The van der Waals surface area contributed by atoms with Crippen molar-refractivity contribution in [2.75, 3.05) is 26.7 Å². The molecule has 8 heteroatoms. The topological polar surface area (TPSA) is 85.7 Å². The van der Waals surface area contributed by atoms with Crippen molar-refractivity contribution >= 4 is 11.8 Å². The van der Waals surface area contributed by atoms with Gasteiger partial charge in [-0.3, -0.25) is 14.3 Å². The average molecular weight is 412 g/mol. The third-order valence-electron chi connectivity index (χ3n) is 6.39. The predicted molar refractivity (Wildman–Crippen MR) is 111 cm³/mol. The summed E-state index contributed by atoms with van der Waals surface area (Å²) in [5.41, 5.74) is 3.08. The summed E-state index contributed by atoms with van der Waals surface area (Å²) in [6.45, 7) is 7.78. The minimum atomic E-state index is -0.529. The smallest absolute Gasteiger partial charge is 0.255 e. The number of nitrogens with one attached hydrogen (secondary N) is 1. The van der Waals surface area contributed by atoms with E-state index in [0.717, 1.165) is 17.0 Å². The van der Waals surface area contributed by atoms with E-state index in [1.165, 1.54) is 0 Å². The minimum Gasteiger partial charge on any atom is -0.497 e. The molecule has 160 valence electrons. The van der Waals surface area contributed by atoms with Crippen molar-refractivity contribution in [2.45, 2.75) is 45.8 Å². The van der Waals surface area contributed by atoms with Gasteiger partial charge in [-0.05, 0) is 38.5 Å². The zero-order valence-electron chi connectivity index (χ0n) is 17.9. The Labute approximate surface area is 176 Å². The number of hydrogen-bond acceptors (Lipinski definition) is 5. The van der Waals surface area contributed by atoms with E-state index in [0.29, 0.717) is 49.5 Å². The zero-order valence-corrected chi connectivity index (χ0v) is 17.9. The lowest BCUT2D eigenvalue weighted by molar-refractivity contribution is -0.135. The Hall–Kier alpha value is -3.03. The number of carbonyl (C=O) groups is 2. The number of nitrogens with zero attached hydrogens (tertiary/aromatic N) is 3. The first-order chi connectivity index (χ1) is 14.3. The van der Waals surface area contributed by atoms with Crippen LogP contribution in [-0.4, -0.2) is 58.8 Å². The summed E-state index contributed by atoms with van der Waals surface area (Å²) in [7, 11) is 1.59. The van der Waals surface area contributed by atoms with Crippen molar-refractivity contribution in [2.24, 2.45) is 0 Å². The summed E-state index contributed by atoms with van der Waals surface area (Å²) in [5, 5.41) is 7.45. The molecule has 30 heavy (non-hydrogen) atoms. The van der Waals surface area contributed by atoms with Gasteiger partial charge >= 0.3 is 0 Å². The Morgan fingerprint density at radius 1 is 1.27 bits per heavy atom. The standard InChI is InChI=1S/C22H28N4O4/c1-14-15(2)24-26(16(14)3)12-20(27)25-9-7-22(8-10-25)13-23-21(28)18-6-5-17(29-4)11-19(18)30-22/h5-6,11H,7-10,12-13H2,1-4H3,(H,23,28). The van der Waals surface area contributed by atoms with Gasteiger partial charge in [-0.2, -0.15) is 5.10 Å². The molecule has 0 saturated carbocycles. The van der Waals surface area contributed by atoms with Crippen LogP contribution in [0.2, 0.25) is 0 Å². The van der Waals surface area contributed by atoms with Crippen LogP contribution < -0.4 is 14.8 Å². The number of fused-ring (bicyclic) bond motifs is 1. The van der Waals surface area contributed by atoms with E-state index >= 15 is 0 Å². The van der Waals surface area contributed by atoms with Crippen LogP contribution in [0.15, 0.2) is 18.2 Å². The molecule has 1 saturated heterocycles. The fraction of sp³-hybridized carbons (Fsp3) is 0.500. The van der Waals surface area contributed by atoms with Gasteiger partial charge in [0.1, 0.15) is 23.6 Å². The van der Waals surface area contributed by atoms with E-state index in [-0.39, 0.29) is 18.4 Å². The highest BCUT2D eigenvalue weighted by atomic mass is 16.5. The van der Waals surface area contributed by atoms with Crippen LogP contribution in [0, 0.1) is 20.8 Å². The maximum absolute atomic E-state index is 12.9. The van der Waals surface area contributed by atoms with Crippen molar-refractivity contribution in [1.82, 2.24) is 20.0 Å². The summed E-state index contributed by atoms with van der Waals surface area (Å²) in [4.78, 5) is 27.2. The molecular formula is C22H28N4O4. The van der Waals surface area contributed by atoms with Crippen LogP contribution in [0.1, 0.15) is 40.2 Å². The number of benzene rings is 1. The lowest BCUT2D eigenvalue weighted by atomic mass is 9.91. The second-order valence-electron chi connectivity index (χ2n) is 8.16. The third kappa shape index (κ3) is 3.62. The molecule has 2 aromatic rings. The van der Waals surface area contributed by atoms with Crippen LogP contribution in [0.4, 0.5) is 0 Å². The number of aryl methyl sites for hydroxylation is 1. The van der Waals surface area contributed by atoms with Crippen molar-refractivity contribution < 1.29 is 19.1 Å². The molecule has 1 aromatic heterocycles. The highest BCUT2D eigenvalue weighted by Gasteiger charge is 2.41. The van der Waals surface area contributed by atoms with Crippen molar-refractivity contribution in [3.05, 3.63) is 40.7 Å². The number of carbonyl (C=O) groups excluding carboxylic acids is 2. The van der Waals surface area contributed by atoms with Gasteiger partial charge < -0.3 is 19.7 Å². The van der Waals surface area contributed by atoms with Crippen molar-refractivity contribution in [1.29, 1.82) is 0 Å². The molecular weight excluding hydrogens is 384 g/mol. The van der Waals surface area contributed by atoms with E-state index in [2.05, 4.69) is 10.4 Å². The lowest BCUT2D eigenvalue weighted by Gasteiger charge is -2.41. The molecule has 1 spiro atoms. The number of methoxy groups -OCH3 is 1. The summed E-state index contributed by atoms with van der Waals surface area (Å²) >= 11 is 0. The van der Waals surface area contributed by atoms with Crippen molar-refractivity contribution in [3.63, 3.8) is 0 Å². The van der Waals surface area contributed by atoms with Crippen LogP contribution in [0.3, 0.4) is 0 Å². The average Bonchev–Trinajstić information content (AvgIpc) is 2.90. The van der Waals surface area contributed by atoms with Gasteiger partial charge in [0.05, 0.1) is 24.9 Å². The van der Waals surface area contributed by atoms with Gasteiger partial charge in [-0.15, -0.1) is 0 Å². The SMILES string of the molecule is COc1ccc2c(c1)OC1(CCN(C(=O)Cn3nc(C)c(C)c3C)CC1)CNC2=O. The second kappa shape index (κ2) is 7.66. The second-order valence-corrected chi connectivity index (χ2v) is 8.16. The summed E-state index contributed by atoms with van der Waals surface area (Å²) in [6, 6.07) is 5.23. The number of hydrogen-bond donors (Lipinski definition) is 1. The summed E-state index contributed by atoms with van der Waals surface area (Å²) in [6.07, 6.45) is 1.29. The van der Waals surface area contributed by atoms with Gasteiger partial charge in [0.25, 0.3) is 5.91 Å². The van der Waals surface area contributed by atoms with Gasteiger partial charge in [0, 0.05) is 37.7 Å². The monoisotopic (exact) mass is 412 g/mol. The number of rotatable bonds is 3. The van der Waals surface area contributed by atoms with E-state index in [1.807, 2.05) is 25.7 Å². The molecule has 4 rings (SSSR count). The van der Waals surface area contributed by atoms with E-state index in [9.17, 15) is 9.59 Å². The molecule has 0 atom stereocenters. The Kier molecular flexibility index (Phi) is 5.17. The van der Waals surface area contributed by atoms with Gasteiger partial charge in [0.15, 0.2) is 0 Å². The summed E-state index contributed by atoms with van der Waals surface area (Å²) in [5.74, 6) is 1.08. The molecule has 0 aliphatic carbocycles. The highest BCUT2D eigenvalue weighted by molar-refractivity contribution is 5.97. The lowest BCUT2D eigenvalue weighted by Crippen LogP contribution is -2.54. The fourth-order valence-electron chi connectivity index (χ4n) is 4.12. The number of amides is 2. The zero-order chi connectivity index (χ0) is 21.5. The molecule has 2 aliphatic rings. The van der Waals surface area contributed by atoms with Crippen LogP contribution in [0.25, 0.3) is 0 Å². The third-order valence-corrected chi connectivity index (χ3v) is 6.39. The molecule has 1 N–H and O–H groups in total. The van der Waals surface area contributed by atoms with Crippen LogP contribution >= 0.6 is 0 Å². The highest BCUT2D eigenvalue weighted by Crippen LogP contribution is 2.35. The van der Waals surface area contributed by atoms with E-state index in [1.54, 1.807) is 30.0 Å². The predicted octanol–water partition coefficient (Wildman–Crippen LogP) is 2.00. The maximum Gasteiger partial charge on any atom is 0.255 e. The number of likely N-dealkylation sites (tertiary alicyclic amines) is 1. The Balaban J connectivity index is 1.45. The normalized spacial score (nSPS) is 17.7. The molecule has 1 fully saturated rings. The molecule has 0 bridgehead atoms. The van der Waals surface area contributed by atoms with Gasteiger partial charge in [-0.25, -0.2) is 0 Å². The molecule has 8 nitrogen and oxygen atoms in total. The maximum atomic E-state index is 12.9.